The van der Waals surface area contributed by atoms with Gasteiger partial charge in [-0.3, -0.25) is 9.97 Å². The molecule has 0 unspecified atom stereocenters. The van der Waals surface area contributed by atoms with E-state index in [9.17, 15) is 0 Å². The third kappa shape index (κ3) is 2.64. The van der Waals surface area contributed by atoms with E-state index in [-0.39, 0.29) is 0 Å². The fourth-order valence-corrected chi connectivity index (χ4v) is 3.48. The van der Waals surface area contributed by atoms with Crippen molar-refractivity contribution in [1.29, 1.82) is 0 Å². The molecule has 3 heterocycles. The summed E-state index contributed by atoms with van der Waals surface area (Å²) in [4.78, 5) is 18.0. The molecule has 0 aliphatic carbocycles. The molecule has 3 N–H and O–H groups in total. The third-order valence-electron chi connectivity index (χ3n) is 4.74. The van der Waals surface area contributed by atoms with Gasteiger partial charge in [0.1, 0.15) is 5.69 Å². The van der Waals surface area contributed by atoms with E-state index in [0.717, 1.165) is 38.5 Å². The summed E-state index contributed by atoms with van der Waals surface area (Å²) in [6.45, 7) is 0. The molecule has 0 amide bonds. The first-order valence-corrected chi connectivity index (χ1v) is 8.86. The highest BCUT2D eigenvalue weighted by atomic mass is 15.3. The van der Waals surface area contributed by atoms with Crippen molar-refractivity contribution >= 4 is 27.6 Å². The molecule has 5 aromatic rings. The number of hydrazine groups is 1. The Morgan fingerprint density at radius 3 is 2.14 bits per heavy atom. The van der Waals surface area contributed by atoms with Crippen LogP contribution in [-0.4, -0.2) is 19.9 Å². The lowest BCUT2D eigenvalue weighted by Gasteiger charge is -2.14. The van der Waals surface area contributed by atoms with Gasteiger partial charge in [0.05, 0.1) is 11.0 Å². The van der Waals surface area contributed by atoms with Crippen molar-refractivity contribution in [2.75, 3.05) is 5.43 Å². The van der Waals surface area contributed by atoms with E-state index >= 15 is 0 Å². The van der Waals surface area contributed by atoms with Gasteiger partial charge in [-0.2, -0.15) is 0 Å². The van der Waals surface area contributed by atoms with Crippen LogP contribution in [0.1, 0.15) is 0 Å². The monoisotopic (exact) mass is 364 g/mol. The van der Waals surface area contributed by atoms with Crippen molar-refractivity contribution in [2.45, 2.75) is 0 Å². The zero-order chi connectivity index (χ0) is 18.9. The smallest absolute Gasteiger partial charge is 0.167 e. The molecule has 0 saturated carbocycles. The number of hydrogen-bond donors (Lipinski definition) is 2. The quantitative estimate of drug-likeness (QED) is 0.283. The van der Waals surface area contributed by atoms with E-state index in [1.54, 1.807) is 24.8 Å². The molecule has 0 aliphatic heterocycles. The first kappa shape index (κ1) is 16.3. The molecular weight excluding hydrogens is 348 g/mol. The highest BCUT2D eigenvalue weighted by molar-refractivity contribution is 6.10. The first-order valence-electron chi connectivity index (χ1n) is 8.86. The zero-order valence-corrected chi connectivity index (χ0v) is 14.9. The molecule has 0 aliphatic rings. The SMILES string of the molecule is NNc1nc2cc3ccccc3c(-c3ccncc3)c2nc1-c1ccncc1. The molecule has 2 aromatic carbocycles. The molecule has 134 valence electrons. The minimum atomic E-state index is 0.523. The van der Waals surface area contributed by atoms with E-state index in [1.165, 1.54) is 0 Å². The number of anilines is 1. The normalized spacial score (nSPS) is 11.0. The van der Waals surface area contributed by atoms with Gasteiger partial charge in [-0.25, -0.2) is 15.8 Å². The molecule has 6 nitrogen and oxygen atoms in total. The topological polar surface area (TPSA) is 89.6 Å². The Balaban J connectivity index is 1.93. The van der Waals surface area contributed by atoms with Crippen LogP contribution in [0.2, 0.25) is 0 Å². The van der Waals surface area contributed by atoms with Crippen LogP contribution in [0.3, 0.4) is 0 Å². The van der Waals surface area contributed by atoms with Crippen LogP contribution < -0.4 is 11.3 Å². The van der Waals surface area contributed by atoms with Crippen molar-refractivity contribution in [3.63, 3.8) is 0 Å². The average molecular weight is 364 g/mol. The van der Waals surface area contributed by atoms with Crippen LogP contribution in [0.5, 0.6) is 0 Å². The summed E-state index contributed by atoms with van der Waals surface area (Å²) in [6.07, 6.45) is 7.03. The number of nitrogens with two attached hydrogens (primary N) is 1. The van der Waals surface area contributed by atoms with Crippen LogP contribution >= 0.6 is 0 Å². The van der Waals surface area contributed by atoms with Gasteiger partial charge in [-0.05, 0) is 46.7 Å². The maximum Gasteiger partial charge on any atom is 0.167 e. The molecule has 3 aromatic heterocycles. The Labute approximate surface area is 161 Å². The van der Waals surface area contributed by atoms with Gasteiger partial charge < -0.3 is 5.43 Å². The third-order valence-corrected chi connectivity index (χ3v) is 4.74. The molecular formula is C22H16N6. The maximum absolute atomic E-state index is 5.76. The van der Waals surface area contributed by atoms with E-state index in [1.807, 2.05) is 42.5 Å². The van der Waals surface area contributed by atoms with E-state index in [2.05, 4.69) is 27.5 Å². The second-order valence-electron chi connectivity index (χ2n) is 6.38. The summed E-state index contributed by atoms with van der Waals surface area (Å²) in [6, 6.07) is 18.0. The second kappa shape index (κ2) is 6.68. The molecule has 0 fully saturated rings. The van der Waals surface area contributed by atoms with Crippen molar-refractivity contribution in [2.24, 2.45) is 5.84 Å². The summed E-state index contributed by atoms with van der Waals surface area (Å²) in [7, 11) is 0. The summed E-state index contributed by atoms with van der Waals surface area (Å²) < 4.78 is 0. The van der Waals surface area contributed by atoms with Crippen LogP contribution in [0, 0.1) is 0 Å². The number of nitrogens with one attached hydrogen (secondary N) is 1. The minimum Gasteiger partial charge on any atom is -0.307 e. The summed E-state index contributed by atoms with van der Waals surface area (Å²) in [5.41, 5.74) is 7.93. The average Bonchev–Trinajstić information content (AvgIpc) is 2.77. The minimum absolute atomic E-state index is 0.523. The van der Waals surface area contributed by atoms with Gasteiger partial charge in [0.15, 0.2) is 5.82 Å². The molecule has 0 radical (unpaired) electrons. The lowest BCUT2D eigenvalue weighted by Crippen LogP contribution is -2.11. The van der Waals surface area contributed by atoms with E-state index < -0.39 is 0 Å². The van der Waals surface area contributed by atoms with Gasteiger partial charge in [0.2, 0.25) is 0 Å². The first-order chi connectivity index (χ1) is 13.8. The number of nitrogens with zero attached hydrogens (tertiary/aromatic N) is 4. The highest BCUT2D eigenvalue weighted by Crippen LogP contribution is 2.37. The van der Waals surface area contributed by atoms with Crippen molar-refractivity contribution in [1.82, 2.24) is 19.9 Å². The number of benzene rings is 2. The molecule has 28 heavy (non-hydrogen) atoms. The van der Waals surface area contributed by atoms with Gasteiger partial charge in [0.25, 0.3) is 0 Å². The predicted octanol–water partition coefficient (Wildman–Crippen LogP) is 4.19. The number of pyridine rings is 2. The molecule has 0 spiro atoms. The number of rotatable bonds is 3. The van der Waals surface area contributed by atoms with Gasteiger partial charge in [-0.1, -0.05) is 24.3 Å². The Hall–Kier alpha value is -3.90. The Kier molecular flexibility index (Phi) is 3.88. The lowest BCUT2D eigenvalue weighted by molar-refractivity contribution is 1.21. The Morgan fingerprint density at radius 1 is 0.750 bits per heavy atom. The van der Waals surface area contributed by atoms with Gasteiger partial charge in [0, 0.05) is 35.9 Å². The van der Waals surface area contributed by atoms with E-state index in [4.69, 9.17) is 15.8 Å². The fraction of sp³-hybridized carbons (Fsp3) is 0. The van der Waals surface area contributed by atoms with Crippen LogP contribution in [0.4, 0.5) is 5.82 Å². The molecule has 6 heteroatoms. The largest absolute Gasteiger partial charge is 0.307 e. The van der Waals surface area contributed by atoms with Crippen molar-refractivity contribution in [3.05, 3.63) is 79.4 Å². The zero-order valence-electron chi connectivity index (χ0n) is 14.9. The fourth-order valence-electron chi connectivity index (χ4n) is 3.48. The molecule has 0 saturated heterocycles. The predicted molar refractivity (Wildman–Crippen MR) is 111 cm³/mol. The van der Waals surface area contributed by atoms with Gasteiger partial charge in [-0.15, -0.1) is 0 Å². The number of hydrogen-bond acceptors (Lipinski definition) is 6. The second-order valence-corrected chi connectivity index (χ2v) is 6.38. The van der Waals surface area contributed by atoms with E-state index in [0.29, 0.717) is 11.5 Å². The van der Waals surface area contributed by atoms with Gasteiger partial charge >= 0.3 is 0 Å². The Bertz CT molecular complexity index is 1290. The van der Waals surface area contributed by atoms with Crippen molar-refractivity contribution < 1.29 is 0 Å². The lowest BCUT2D eigenvalue weighted by atomic mass is 9.96. The van der Waals surface area contributed by atoms with Crippen LogP contribution in [0.25, 0.3) is 44.2 Å². The summed E-state index contributed by atoms with van der Waals surface area (Å²) in [5.74, 6) is 6.29. The summed E-state index contributed by atoms with van der Waals surface area (Å²) >= 11 is 0. The number of fused-ring (bicyclic) bond motifs is 2. The number of nitrogen functional groups attached to an aromatic ring is 1. The summed E-state index contributed by atoms with van der Waals surface area (Å²) in [5, 5.41) is 2.21. The molecule has 0 atom stereocenters. The highest BCUT2D eigenvalue weighted by Gasteiger charge is 2.16. The van der Waals surface area contributed by atoms with Crippen molar-refractivity contribution in [3.8, 4) is 22.4 Å². The molecule has 5 rings (SSSR count). The maximum atomic E-state index is 5.76. The number of aromatic nitrogens is 4. The standard InChI is InChI=1S/C22H16N6/c23-28-22-20(15-7-11-25-12-8-15)27-21-18(26-22)13-16-3-1-2-4-17(16)19(21)14-5-9-24-10-6-14/h1-13H,23H2,(H,26,28). The Morgan fingerprint density at radius 2 is 1.43 bits per heavy atom. The van der Waals surface area contributed by atoms with Crippen LogP contribution in [0.15, 0.2) is 79.4 Å². The van der Waals surface area contributed by atoms with Crippen LogP contribution in [-0.2, 0) is 0 Å². The molecule has 0 bridgehead atoms.